The van der Waals surface area contributed by atoms with Crippen molar-refractivity contribution in [2.75, 3.05) is 11.4 Å². The van der Waals surface area contributed by atoms with Gasteiger partial charge in [-0.05, 0) is 46.2 Å². The molecule has 1 aliphatic heterocycles. The number of rotatable bonds is 4. The van der Waals surface area contributed by atoms with Crippen molar-refractivity contribution in [1.82, 2.24) is 4.90 Å². The highest BCUT2D eigenvalue weighted by Gasteiger charge is 2.50. The highest BCUT2D eigenvalue weighted by atomic mass is 16.3. The standard InChI is InChI=1S/C18H28N2O2/c1-6-7-12-19-16(21)20(15-10-8-14(2)9-11-15)18(5,22)13-17(19,3)4/h8-11,22H,6-7,12-13H2,1-5H3/t18-/m1/s1. The lowest BCUT2D eigenvalue weighted by atomic mass is 9.87. The van der Waals surface area contributed by atoms with Gasteiger partial charge in [0, 0.05) is 24.2 Å². The van der Waals surface area contributed by atoms with Crippen molar-refractivity contribution >= 4 is 11.7 Å². The number of hydrogen-bond donors (Lipinski definition) is 1. The Morgan fingerprint density at radius 2 is 1.77 bits per heavy atom. The second kappa shape index (κ2) is 5.92. The molecule has 1 heterocycles. The number of nitrogens with zero attached hydrogens (tertiary/aromatic N) is 2. The van der Waals surface area contributed by atoms with Crippen molar-refractivity contribution in [3.8, 4) is 0 Å². The van der Waals surface area contributed by atoms with Crippen LogP contribution < -0.4 is 4.90 Å². The molecule has 0 saturated carbocycles. The Bertz CT molecular complexity index is 535. The molecular weight excluding hydrogens is 276 g/mol. The largest absolute Gasteiger partial charge is 0.371 e. The molecule has 2 amide bonds. The number of urea groups is 1. The van der Waals surface area contributed by atoms with Gasteiger partial charge in [-0.1, -0.05) is 31.0 Å². The van der Waals surface area contributed by atoms with Crippen LogP contribution in [0, 0.1) is 6.92 Å². The van der Waals surface area contributed by atoms with E-state index in [0.717, 1.165) is 30.6 Å². The van der Waals surface area contributed by atoms with Crippen LogP contribution in [0.3, 0.4) is 0 Å². The van der Waals surface area contributed by atoms with Crippen molar-refractivity contribution in [2.45, 2.75) is 65.1 Å². The molecule has 0 radical (unpaired) electrons. The third kappa shape index (κ3) is 3.12. The summed E-state index contributed by atoms with van der Waals surface area (Å²) in [5.74, 6) is 0. The topological polar surface area (TPSA) is 43.8 Å². The van der Waals surface area contributed by atoms with Gasteiger partial charge < -0.3 is 10.0 Å². The number of hydrogen-bond acceptors (Lipinski definition) is 2. The number of carbonyl (C=O) groups excluding carboxylic acids is 1. The van der Waals surface area contributed by atoms with Gasteiger partial charge in [0.1, 0.15) is 5.72 Å². The molecule has 2 rings (SSSR count). The minimum absolute atomic E-state index is 0.112. The summed E-state index contributed by atoms with van der Waals surface area (Å²) >= 11 is 0. The van der Waals surface area contributed by atoms with Crippen molar-refractivity contribution in [3.63, 3.8) is 0 Å². The molecule has 0 spiro atoms. The van der Waals surface area contributed by atoms with Gasteiger partial charge in [0.2, 0.25) is 0 Å². The van der Waals surface area contributed by atoms with Crippen molar-refractivity contribution in [2.24, 2.45) is 0 Å². The van der Waals surface area contributed by atoms with E-state index in [2.05, 4.69) is 6.92 Å². The van der Waals surface area contributed by atoms with E-state index in [-0.39, 0.29) is 11.6 Å². The molecule has 1 atom stereocenters. The molecule has 22 heavy (non-hydrogen) atoms. The molecule has 1 aromatic carbocycles. The zero-order chi connectivity index (χ0) is 16.5. The predicted octanol–water partition coefficient (Wildman–Crippen LogP) is 3.91. The summed E-state index contributed by atoms with van der Waals surface area (Å²) in [6, 6.07) is 7.62. The fraction of sp³-hybridized carbons (Fsp3) is 0.611. The average Bonchev–Trinajstić information content (AvgIpc) is 2.38. The molecule has 0 aliphatic carbocycles. The number of aryl methyl sites for hydroxylation is 1. The first-order valence-electron chi connectivity index (χ1n) is 8.10. The second-order valence-corrected chi connectivity index (χ2v) is 7.16. The Balaban J connectivity index is 2.39. The summed E-state index contributed by atoms with van der Waals surface area (Å²) < 4.78 is 0. The fourth-order valence-corrected chi connectivity index (χ4v) is 3.38. The fourth-order valence-electron chi connectivity index (χ4n) is 3.38. The molecule has 4 nitrogen and oxygen atoms in total. The molecule has 1 aliphatic rings. The third-order valence-corrected chi connectivity index (χ3v) is 4.43. The zero-order valence-electron chi connectivity index (χ0n) is 14.4. The van der Waals surface area contributed by atoms with E-state index in [9.17, 15) is 9.90 Å². The minimum Gasteiger partial charge on any atom is -0.371 e. The average molecular weight is 304 g/mol. The summed E-state index contributed by atoms with van der Waals surface area (Å²) in [5.41, 5.74) is 0.351. The molecular formula is C18H28N2O2. The van der Waals surface area contributed by atoms with Crippen molar-refractivity contribution in [1.29, 1.82) is 0 Å². The van der Waals surface area contributed by atoms with Crippen LogP contribution in [-0.2, 0) is 0 Å². The van der Waals surface area contributed by atoms with Gasteiger partial charge in [0.25, 0.3) is 0 Å². The maximum atomic E-state index is 13.0. The second-order valence-electron chi connectivity index (χ2n) is 7.16. The molecule has 1 aromatic rings. The Morgan fingerprint density at radius 1 is 1.18 bits per heavy atom. The van der Waals surface area contributed by atoms with Gasteiger partial charge in [-0.2, -0.15) is 0 Å². The molecule has 0 aromatic heterocycles. The van der Waals surface area contributed by atoms with Crippen LogP contribution in [0.5, 0.6) is 0 Å². The Morgan fingerprint density at radius 3 is 2.32 bits per heavy atom. The molecule has 122 valence electrons. The zero-order valence-corrected chi connectivity index (χ0v) is 14.4. The first-order chi connectivity index (χ1) is 10.2. The van der Waals surface area contributed by atoms with Crippen LogP contribution in [0.2, 0.25) is 0 Å². The van der Waals surface area contributed by atoms with Gasteiger partial charge in [-0.25, -0.2) is 4.79 Å². The van der Waals surface area contributed by atoms with E-state index in [1.807, 2.05) is 49.9 Å². The Hall–Kier alpha value is -1.55. The van der Waals surface area contributed by atoms with E-state index in [4.69, 9.17) is 0 Å². The highest BCUT2D eigenvalue weighted by Crippen LogP contribution is 2.38. The van der Waals surface area contributed by atoms with Crippen molar-refractivity contribution < 1.29 is 9.90 Å². The minimum atomic E-state index is -1.18. The lowest BCUT2D eigenvalue weighted by Gasteiger charge is -2.53. The monoisotopic (exact) mass is 304 g/mol. The first kappa shape index (κ1) is 16.8. The van der Waals surface area contributed by atoms with Crippen molar-refractivity contribution in [3.05, 3.63) is 29.8 Å². The number of unbranched alkanes of at least 4 members (excludes halogenated alkanes) is 1. The lowest BCUT2D eigenvalue weighted by molar-refractivity contribution is -0.0255. The maximum Gasteiger partial charge on any atom is 0.327 e. The quantitative estimate of drug-likeness (QED) is 0.916. The lowest BCUT2D eigenvalue weighted by Crippen LogP contribution is -2.68. The molecule has 1 N–H and O–H groups in total. The van der Waals surface area contributed by atoms with Crippen LogP contribution in [-0.4, -0.2) is 33.8 Å². The summed E-state index contributed by atoms with van der Waals surface area (Å²) in [7, 11) is 0. The van der Waals surface area contributed by atoms with E-state index >= 15 is 0 Å². The molecule has 1 fully saturated rings. The van der Waals surface area contributed by atoms with Crippen LogP contribution in [0.1, 0.15) is 52.5 Å². The Kier molecular flexibility index (Phi) is 4.52. The molecule has 0 unspecified atom stereocenters. The smallest absolute Gasteiger partial charge is 0.327 e. The number of anilines is 1. The van der Waals surface area contributed by atoms with Gasteiger partial charge in [0.15, 0.2) is 0 Å². The van der Waals surface area contributed by atoms with Gasteiger partial charge in [0.05, 0.1) is 0 Å². The van der Waals surface area contributed by atoms with E-state index in [1.165, 1.54) is 4.90 Å². The van der Waals surface area contributed by atoms with E-state index in [1.54, 1.807) is 6.92 Å². The van der Waals surface area contributed by atoms with Crippen LogP contribution >= 0.6 is 0 Å². The van der Waals surface area contributed by atoms with Gasteiger partial charge in [-0.3, -0.25) is 4.90 Å². The molecule has 4 heteroatoms. The van der Waals surface area contributed by atoms with Gasteiger partial charge in [-0.15, -0.1) is 0 Å². The summed E-state index contributed by atoms with van der Waals surface area (Å²) in [5, 5.41) is 10.9. The SMILES string of the molecule is CCCCN1C(=O)N(c2ccc(C)cc2)[C@](C)(O)CC1(C)C. The number of benzene rings is 1. The summed E-state index contributed by atoms with van der Waals surface area (Å²) in [6.45, 7) is 10.6. The highest BCUT2D eigenvalue weighted by molar-refractivity contribution is 5.94. The van der Waals surface area contributed by atoms with Crippen LogP contribution in [0.15, 0.2) is 24.3 Å². The van der Waals surface area contributed by atoms with Gasteiger partial charge >= 0.3 is 6.03 Å². The van der Waals surface area contributed by atoms with E-state index in [0.29, 0.717) is 6.42 Å². The number of amides is 2. The predicted molar refractivity (Wildman–Crippen MR) is 90.0 cm³/mol. The van der Waals surface area contributed by atoms with Crippen LogP contribution in [0.25, 0.3) is 0 Å². The molecule has 0 bridgehead atoms. The maximum absolute atomic E-state index is 13.0. The molecule has 1 saturated heterocycles. The van der Waals surface area contributed by atoms with E-state index < -0.39 is 5.72 Å². The van der Waals surface area contributed by atoms with Crippen LogP contribution in [0.4, 0.5) is 10.5 Å². The number of aliphatic hydroxyl groups is 1. The normalized spacial score (nSPS) is 24.7. The number of carbonyl (C=O) groups is 1. The summed E-state index contributed by atoms with van der Waals surface area (Å²) in [4.78, 5) is 16.5. The first-order valence-corrected chi connectivity index (χ1v) is 8.10. The third-order valence-electron chi connectivity index (χ3n) is 4.43. The Labute approximate surface area is 133 Å². The summed E-state index contributed by atoms with van der Waals surface area (Å²) in [6.07, 6.45) is 2.53.